The van der Waals surface area contributed by atoms with E-state index in [-0.39, 0.29) is 24.4 Å². The van der Waals surface area contributed by atoms with Crippen LogP contribution in [0.5, 0.6) is 5.75 Å². The highest BCUT2D eigenvalue weighted by Crippen LogP contribution is 2.35. The lowest BCUT2D eigenvalue weighted by Gasteiger charge is -2.32. The molecule has 2 aromatic carbocycles. The Morgan fingerprint density at radius 3 is 2.75 bits per heavy atom. The third kappa shape index (κ3) is 6.95. The van der Waals surface area contributed by atoms with Gasteiger partial charge in [0, 0.05) is 42.6 Å². The minimum atomic E-state index is -3.02. The molecular formula is C27H32BrF2NO5. The Hall–Kier alpha value is -2.23. The summed E-state index contributed by atoms with van der Waals surface area (Å²) >= 11 is 3.22. The average Bonchev–Trinajstić information content (AvgIpc) is 3.20. The fraction of sp³-hybridized carbons (Fsp3) is 0.519. The van der Waals surface area contributed by atoms with Crippen LogP contribution in [0.1, 0.15) is 62.3 Å². The highest BCUT2D eigenvalue weighted by atomic mass is 79.9. The number of hydrogen-bond donors (Lipinski definition) is 0. The molecule has 4 rings (SSSR count). The van der Waals surface area contributed by atoms with Gasteiger partial charge in [-0.2, -0.15) is 8.78 Å². The van der Waals surface area contributed by atoms with E-state index >= 15 is 0 Å². The molecule has 0 spiro atoms. The molecule has 36 heavy (non-hydrogen) atoms. The summed E-state index contributed by atoms with van der Waals surface area (Å²) in [6.07, 6.45) is 2.59. The Morgan fingerprint density at radius 1 is 1.14 bits per heavy atom. The van der Waals surface area contributed by atoms with Crippen molar-refractivity contribution in [1.29, 1.82) is 0 Å². The molecule has 2 aliphatic heterocycles. The molecule has 0 saturated carbocycles. The van der Waals surface area contributed by atoms with Crippen molar-refractivity contribution in [3.05, 3.63) is 63.6 Å². The van der Waals surface area contributed by atoms with Crippen molar-refractivity contribution < 1.29 is 32.5 Å². The first-order valence-corrected chi connectivity index (χ1v) is 13.1. The molecular weight excluding hydrogens is 536 g/mol. The first kappa shape index (κ1) is 26.8. The Kier molecular flexibility index (Phi) is 8.52. The summed E-state index contributed by atoms with van der Waals surface area (Å²) in [6.45, 7) is 4.94. The molecule has 0 bridgehead atoms. The normalized spacial score (nSPS) is 19.1. The minimum absolute atomic E-state index is 0.0614. The van der Waals surface area contributed by atoms with Crippen LogP contribution in [0.25, 0.3) is 0 Å². The number of halogens is 3. The number of cyclic esters (lactones) is 1. The van der Waals surface area contributed by atoms with Gasteiger partial charge in [0.1, 0.15) is 18.5 Å². The molecule has 2 aliphatic rings. The van der Waals surface area contributed by atoms with Crippen LogP contribution in [0, 0.1) is 0 Å². The molecule has 1 saturated heterocycles. The maximum Gasteiger partial charge on any atom is 0.410 e. The SMILES string of the molecule is CC1(C)OCc2cc(C3CN(CCCCCCOCC(F)(F)c4cccc(Br)c4)C(=O)O3)ccc2O1. The molecule has 0 aromatic heterocycles. The Labute approximate surface area is 219 Å². The van der Waals surface area contributed by atoms with E-state index in [1.165, 1.54) is 12.1 Å². The summed E-state index contributed by atoms with van der Waals surface area (Å²) in [5, 5.41) is 0. The van der Waals surface area contributed by atoms with E-state index in [1.807, 2.05) is 32.0 Å². The number of ether oxygens (including phenoxy) is 4. The van der Waals surface area contributed by atoms with Gasteiger partial charge in [-0.3, -0.25) is 0 Å². The van der Waals surface area contributed by atoms with Crippen molar-refractivity contribution in [2.45, 2.75) is 64.0 Å². The van der Waals surface area contributed by atoms with Crippen LogP contribution in [-0.4, -0.2) is 43.1 Å². The van der Waals surface area contributed by atoms with Crippen LogP contribution in [0.3, 0.4) is 0 Å². The molecule has 9 heteroatoms. The Bertz CT molecular complexity index is 1060. The van der Waals surface area contributed by atoms with Crippen molar-refractivity contribution in [3.63, 3.8) is 0 Å². The van der Waals surface area contributed by atoms with Gasteiger partial charge in [-0.25, -0.2) is 4.79 Å². The molecule has 0 radical (unpaired) electrons. The number of alkyl halides is 2. The smallest absolute Gasteiger partial charge is 0.410 e. The summed E-state index contributed by atoms with van der Waals surface area (Å²) in [5.41, 5.74) is 1.81. The molecule has 1 atom stereocenters. The summed E-state index contributed by atoms with van der Waals surface area (Å²) in [7, 11) is 0. The monoisotopic (exact) mass is 567 g/mol. The van der Waals surface area contributed by atoms with Crippen LogP contribution in [0.15, 0.2) is 46.9 Å². The number of nitrogens with zero attached hydrogens (tertiary/aromatic N) is 1. The van der Waals surface area contributed by atoms with Crippen molar-refractivity contribution in [2.75, 3.05) is 26.3 Å². The maximum atomic E-state index is 14.2. The average molecular weight is 568 g/mol. The molecule has 196 valence electrons. The van der Waals surface area contributed by atoms with Crippen LogP contribution in [0.4, 0.5) is 13.6 Å². The first-order chi connectivity index (χ1) is 17.1. The van der Waals surface area contributed by atoms with Gasteiger partial charge in [-0.05, 0) is 42.7 Å². The number of carbonyl (C=O) groups is 1. The van der Waals surface area contributed by atoms with Gasteiger partial charge >= 0.3 is 6.09 Å². The summed E-state index contributed by atoms with van der Waals surface area (Å²) in [6, 6.07) is 11.9. The van der Waals surface area contributed by atoms with Gasteiger partial charge in [0.15, 0.2) is 0 Å². The van der Waals surface area contributed by atoms with Gasteiger partial charge in [-0.1, -0.05) is 47.0 Å². The second-order valence-corrected chi connectivity index (χ2v) is 10.6. The maximum absolute atomic E-state index is 14.2. The molecule has 1 amide bonds. The lowest BCUT2D eigenvalue weighted by atomic mass is 10.0. The fourth-order valence-electron chi connectivity index (χ4n) is 4.28. The summed E-state index contributed by atoms with van der Waals surface area (Å²) in [5.74, 6) is -2.88. The largest absolute Gasteiger partial charge is 0.463 e. The summed E-state index contributed by atoms with van der Waals surface area (Å²) in [4.78, 5) is 14.0. The number of rotatable bonds is 11. The predicted octanol–water partition coefficient (Wildman–Crippen LogP) is 6.96. The Morgan fingerprint density at radius 2 is 1.94 bits per heavy atom. The van der Waals surface area contributed by atoms with Crippen molar-refractivity contribution >= 4 is 22.0 Å². The van der Waals surface area contributed by atoms with E-state index in [0.717, 1.165) is 36.1 Å². The van der Waals surface area contributed by atoms with Crippen molar-refractivity contribution in [3.8, 4) is 5.75 Å². The fourth-order valence-corrected chi connectivity index (χ4v) is 4.68. The zero-order valence-electron chi connectivity index (χ0n) is 20.6. The number of unbranched alkanes of at least 4 members (excludes halogenated alkanes) is 3. The number of fused-ring (bicyclic) bond motifs is 1. The first-order valence-electron chi connectivity index (χ1n) is 12.3. The molecule has 1 unspecified atom stereocenters. The zero-order chi connectivity index (χ0) is 25.8. The number of hydrogen-bond acceptors (Lipinski definition) is 5. The predicted molar refractivity (Wildman–Crippen MR) is 134 cm³/mol. The summed E-state index contributed by atoms with van der Waals surface area (Å²) < 4.78 is 51.4. The third-order valence-electron chi connectivity index (χ3n) is 6.27. The van der Waals surface area contributed by atoms with E-state index in [1.54, 1.807) is 17.0 Å². The lowest BCUT2D eigenvalue weighted by molar-refractivity contribution is -0.180. The number of carbonyl (C=O) groups excluding carboxylic acids is 1. The molecule has 6 nitrogen and oxygen atoms in total. The van der Waals surface area contributed by atoms with E-state index in [2.05, 4.69) is 15.9 Å². The number of benzene rings is 2. The lowest BCUT2D eigenvalue weighted by Crippen LogP contribution is -2.35. The molecule has 0 N–H and O–H groups in total. The van der Waals surface area contributed by atoms with Crippen LogP contribution < -0.4 is 4.74 Å². The van der Waals surface area contributed by atoms with Gasteiger partial charge in [0.05, 0.1) is 13.2 Å². The second kappa shape index (κ2) is 11.4. The van der Waals surface area contributed by atoms with Crippen molar-refractivity contribution in [2.24, 2.45) is 0 Å². The minimum Gasteiger partial charge on any atom is -0.463 e. The van der Waals surface area contributed by atoms with Gasteiger partial charge in [0.25, 0.3) is 5.92 Å². The molecule has 2 heterocycles. The standard InChI is InChI=1S/C27H32BrF2NO5/c1-26(2)34-17-20-14-19(10-11-23(20)36-26)24-16-31(25(32)35-24)12-5-3-4-6-13-33-18-27(29,30)21-8-7-9-22(28)15-21/h7-11,14-15,24H,3-6,12-13,16-18H2,1-2H3. The molecule has 0 aliphatic carbocycles. The van der Waals surface area contributed by atoms with Crippen LogP contribution in [-0.2, 0) is 26.7 Å². The van der Waals surface area contributed by atoms with E-state index in [9.17, 15) is 13.6 Å². The molecule has 2 aromatic rings. The quantitative estimate of drug-likeness (QED) is 0.275. The van der Waals surface area contributed by atoms with E-state index < -0.39 is 18.3 Å². The van der Waals surface area contributed by atoms with E-state index in [0.29, 0.717) is 30.6 Å². The Balaban J connectivity index is 1.13. The molecule has 1 fully saturated rings. The van der Waals surface area contributed by atoms with Gasteiger partial charge < -0.3 is 23.8 Å². The topological polar surface area (TPSA) is 57.2 Å². The number of amides is 1. The highest BCUT2D eigenvalue weighted by Gasteiger charge is 2.34. The highest BCUT2D eigenvalue weighted by molar-refractivity contribution is 9.10. The van der Waals surface area contributed by atoms with Gasteiger partial charge in [-0.15, -0.1) is 0 Å². The zero-order valence-corrected chi connectivity index (χ0v) is 22.2. The second-order valence-electron chi connectivity index (χ2n) is 9.66. The van der Waals surface area contributed by atoms with E-state index in [4.69, 9.17) is 18.9 Å². The van der Waals surface area contributed by atoms with Crippen LogP contribution >= 0.6 is 15.9 Å². The van der Waals surface area contributed by atoms with Crippen molar-refractivity contribution in [1.82, 2.24) is 4.90 Å². The third-order valence-corrected chi connectivity index (χ3v) is 6.77. The van der Waals surface area contributed by atoms with Crippen LogP contribution in [0.2, 0.25) is 0 Å². The van der Waals surface area contributed by atoms with Gasteiger partial charge in [0.2, 0.25) is 5.79 Å².